The van der Waals surface area contributed by atoms with Crippen LogP contribution in [0.3, 0.4) is 0 Å². The van der Waals surface area contributed by atoms with Crippen LogP contribution in [0.1, 0.15) is 19.8 Å². The maximum absolute atomic E-state index is 5.62. The van der Waals surface area contributed by atoms with Gasteiger partial charge in [0.1, 0.15) is 0 Å². The Kier molecular flexibility index (Phi) is 2.59. The van der Waals surface area contributed by atoms with E-state index in [1.165, 1.54) is 12.8 Å². The van der Waals surface area contributed by atoms with Crippen LogP contribution in [-0.2, 0) is 4.74 Å². The number of hydrogen-bond donors (Lipinski definition) is 0. The largest absolute Gasteiger partial charge is 0.458 e. The second kappa shape index (κ2) is 3.87. The lowest BCUT2D eigenvalue weighted by atomic mass is 10.4. The number of rotatable bonds is 3. The molecule has 1 saturated heterocycles. The van der Waals surface area contributed by atoms with E-state index in [0.717, 1.165) is 13.1 Å². The van der Waals surface area contributed by atoms with E-state index < -0.39 is 0 Å². The summed E-state index contributed by atoms with van der Waals surface area (Å²) in [6.45, 7) is 5.03. The van der Waals surface area contributed by atoms with Gasteiger partial charge in [-0.3, -0.25) is 4.90 Å². The predicted octanol–water partition coefficient (Wildman–Crippen LogP) is 1.75. The highest BCUT2D eigenvalue weighted by molar-refractivity contribution is 4.96. The van der Waals surface area contributed by atoms with Crippen molar-refractivity contribution in [2.45, 2.75) is 26.0 Å². The van der Waals surface area contributed by atoms with Crippen LogP contribution in [0.4, 0.5) is 0 Å². The van der Waals surface area contributed by atoms with Gasteiger partial charge in [-0.15, -0.1) is 5.11 Å². The molecule has 2 heterocycles. The van der Waals surface area contributed by atoms with Crippen LogP contribution < -0.4 is 0 Å². The molecule has 0 aromatic carbocycles. The van der Waals surface area contributed by atoms with Gasteiger partial charge in [0.05, 0.1) is 6.54 Å². The molecule has 0 aliphatic carbocycles. The molecule has 0 aromatic heterocycles. The molecule has 1 fully saturated rings. The van der Waals surface area contributed by atoms with Gasteiger partial charge >= 0.3 is 0 Å². The summed E-state index contributed by atoms with van der Waals surface area (Å²) in [7, 11) is 0. The Labute approximate surface area is 78.3 Å². The molecule has 2 rings (SSSR count). The first kappa shape index (κ1) is 8.69. The molecule has 0 bridgehead atoms. The first-order chi connectivity index (χ1) is 6.36. The van der Waals surface area contributed by atoms with E-state index in [1.54, 1.807) is 0 Å². The number of likely N-dealkylation sites (tertiary alicyclic amines) is 1. The maximum Gasteiger partial charge on any atom is 0.232 e. The molecular weight excluding hydrogens is 166 g/mol. The molecule has 13 heavy (non-hydrogen) atoms. The molecule has 2 aliphatic heterocycles. The van der Waals surface area contributed by atoms with Gasteiger partial charge in [-0.2, -0.15) is 5.11 Å². The van der Waals surface area contributed by atoms with E-state index in [9.17, 15) is 0 Å². The maximum atomic E-state index is 5.62. The van der Waals surface area contributed by atoms with Gasteiger partial charge in [0.25, 0.3) is 0 Å². The molecular formula is C9H15N3O. The van der Waals surface area contributed by atoms with Gasteiger partial charge < -0.3 is 4.74 Å². The van der Waals surface area contributed by atoms with Crippen molar-refractivity contribution < 1.29 is 4.74 Å². The minimum atomic E-state index is 0.144. The smallest absolute Gasteiger partial charge is 0.232 e. The normalized spacial score (nSPS) is 24.8. The van der Waals surface area contributed by atoms with Crippen LogP contribution in [-0.4, -0.2) is 30.8 Å². The molecule has 0 radical (unpaired) electrons. The topological polar surface area (TPSA) is 37.2 Å². The van der Waals surface area contributed by atoms with Crippen molar-refractivity contribution in [2.24, 2.45) is 10.2 Å². The lowest BCUT2D eigenvalue weighted by molar-refractivity contribution is 0.00376. The van der Waals surface area contributed by atoms with E-state index >= 15 is 0 Å². The minimum Gasteiger partial charge on any atom is -0.458 e. The molecule has 0 N–H and O–H groups in total. The SMILES string of the molecule is CC(OC1=CCN=N1)N1CCCC1. The van der Waals surface area contributed by atoms with Crippen molar-refractivity contribution in [1.29, 1.82) is 0 Å². The van der Waals surface area contributed by atoms with Gasteiger partial charge in [0.15, 0.2) is 6.23 Å². The highest BCUT2D eigenvalue weighted by Gasteiger charge is 2.20. The quantitative estimate of drug-likeness (QED) is 0.665. The van der Waals surface area contributed by atoms with Crippen LogP contribution in [0.25, 0.3) is 0 Å². The van der Waals surface area contributed by atoms with E-state index in [-0.39, 0.29) is 6.23 Å². The van der Waals surface area contributed by atoms with E-state index in [2.05, 4.69) is 22.1 Å². The Morgan fingerprint density at radius 3 is 2.85 bits per heavy atom. The first-order valence-corrected chi connectivity index (χ1v) is 4.84. The highest BCUT2D eigenvalue weighted by atomic mass is 16.5. The Morgan fingerprint density at radius 2 is 2.23 bits per heavy atom. The van der Waals surface area contributed by atoms with Gasteiger partial charge in [-0.05, 0) is 19.8 Å². The van der Waals surface area contributed by atoms with E-state index in [0.29, 0.717) is 12.4 Å². The van der Waals surface area contributed by atoms with Gasteiger partial charge in [0, 0.05) is 19.2 Å². The van der Waals surface area contributed by atoms with Crippen molar-refractivity contribution in [3.8, 4) is 0 Å². The molecule has 0 amide bonds. The van der Waals surface area contributed by atoms with Crippen LogP contribution in [0.15, 0.2) is 22.2 Å². The Balaban J connectivity index is 1.83. The Morgan fingerprint density at radius 1 is 1.46 bits per heavy atom. The highest BCUT2D eigenvalue weighted by Crippen LogP contribution is 2.16. The van der Waals surface area contributed by atoms with Crippen molar-refractivity contribution >= 4 is 0 Å². The molecule has 72 valence electrons. The summed E-state index contributed by atoms with van der Waals surface area (Å²) in [6.07, 6.45) is 4.63. The molecule has 0 spiro atoms. The van der Waals surface area contributed by atoms with Crippen LogP contribution in [0.2, 0.25) is 0 Å². The predicted molar refractivity (Wildman–Crippen MR) is 49.2 cm³/mol. The van der Waals surface area contributed by atoms with Crippen molar-refractivity contribution in [3.63, 3.8) is 0 Å². The molecule has 1 unspecified atom stereocenters. The van der Waals surface area contributed by atoms with Crippen molar-refractivity contribution in [2.75, 3.05) is 19.6 Å². The summed E-state index contributed by atoms with van der Waals surface area (Å²) in [5.74, 6) is 0.680. The first-order valence-electron chi connectivity index (χ1n) is 4.84. The summed E-state index contributed by atoms with van der Waals surface area (Å²) in [4.78, 5) is 2.33. The molecule has 4 nitrogen and oxygen atoms in total. The molecule has 4 heteroatoms. The molecule has 0 saturated carbocycles. The summed E-state index contributed by atoms with van der Waals surface area (Å²) in [5.41, 5.74) is 0. The third kappa shape index (κ3) is 2.06. The van der Waals surface area contributed by atoms with Gasteiger partial charge in [-0.25, -0.2) is 0 Å². The summed E-state index contributed by atoms with van der Waals surface area (Å²) >= 11 is 0. The van der Waals surface area contributed by atoms with Crippen molar-refractivity contribution in [3.05, 3.63) is 12.0 Å². The molecule has 2 aliphatic rings. The van der Waals surface area contributed by atoms with Crippen LogP contribution in [0.5, 0.6) is 0 Å². The lowest BCUT2D eigenvalue weighted by Gasteiger charge is -2.23. The number of azo groups is 1. The minimum absolute atomic E-state index is 0.144. The fraction of sp³-hybridized carbons (Fsp3) is 0.778. The van der Waals surface area contributed by atoms with Gasteiger partial charge in [-0.1, -0.05) is 0 Å². The second-order valence-corrected chi connectivity index (χ2v) is 3.43. The standard InChI is InChI=1S/C9H15N3O/c1-8(12-6-2-3-7-12)13-9-4-5-10-11-9/h4,8H,2-3,5-7H2,1H3. The van der Waals surface area contributed by atoms with Crippen LogP contribution in [0, 0.1) is 0 Å². The number of ether oxygens (including phenoxy) is 1. The second-order valence-electron chi connectivity index (χ2n) is 3.43. The van der Waals surface area contributed by atoms with Gasteiger partial charge in [0.2, 0.25) is 5.88 Å². The fourth-order valence-electron chi connectivity index (χ4n) is 1.70. The zero-order valence-electron chi connectivity index (χ0n) is 7.94. The lowest BCUT2D eigenvalue weighted by Crippen LogP contribution is -2.31. The Bertz CT molecular complexity index is 231. The average Bonchev–Trinajstić information content (AvgIpc) is 2.74. The number of hydrogen-bond acceptors (Lipinski definition) is 4. The van der Waals surface area contributed by atoms with E-state index in [1.807, 2.05) is 6.08 Å². The zero-order chi connectivity index (χ0) is 9.10. The molecule has 0 aromatic rings. The third-order valence-electron chi connectivity index (χ3n) is 2.46. The zero-order valence-corrected chi connectivity index (χ0v) is 7.94. The summed E-state index contributed by atoms with van der Waals surface area (Å²) in [6, 6.07) is 0. The van der Waals surface area contributed by atoms with Crippen molar-refractivity contribution in [1.82, 2.24) is 4.90 Å². The summed E-state index contributed by atoms with van der Waals surface area (Å²) in [5, 5.41) is 7.72. The summed E-state index contributed by atoms with van der Waals surface area (Å²) < 4.78 is 5.62. The van der Waals surface area contributed by atoms with Crippen LogP contribution >= 0.6 is 0 Å². The number of nitrogens with zero attached hydrogens (tertiary/aromatic N) is 3. The average molecular weight is 181 g/mol. The van der Waals surface area contributed by atoms with E-state index in [4.69, 9.17) is 4.74 Å². The monoisotopic (exact) mass is 181 g/mol. The Hall–Kier alpha value is -0.900. The fourth-order valence-corrected chi connectivity index (χ4v) is 1.70. The molecule has 1 atom stereocenters. The third-order valence-corrected chi connectivity index (χ3v) is 2.46.